The van der Waals surface area contributed by atoms with E-state index in [1.165, 1.54) is 5.56 Å². The van der Waals surface area contributed by atoms with Crippen molar-refractivity contribution in [1.29, 1.82) is 0 Å². The van der Waals surface area contributed by atoms with Gasteiger partial charge in [-0.2, -0.15) is 0 Å². The molecule has 0 saturated carbocycles. The van der Waals surface area contributed by atoms with E-state index in [4.69, 9.17) is 0 Å². The van der Waals surface area contributed by atoms with E-state index in [1.54, 1.807) is 6.20 Å². The maximum absolute atomic E-state index is 12.9. The van der Waals surface area contributed by atoms with Crippen molar-refractivity contribution in [3.05, 3.63) is 66.0 Å². The molecule has 1 aromatic heterocycles. The van der Waals surface area contributed by atoms with Crippen LogP contribution in [0.4, 0.5) is 0 Å². The van der Waals surface area contributed by atoms with Crippen molar-refractivity contribution in [3.8, 4) is 0 Å². The fourth-order valence-corrected chi connectivity index (χ4v) is 3.70. The molecule has 25 heavy (non-hydrogen) atoms. The molecule has 1 aromatic carbocycles. The number of pyridine rings is 1. The highest BCUT2D eigenvalue weighted by atomic mass is 16.3. The Bertz CT molecular complexity index is 678. The molecule has 2 heterocycles. The van der Waals surface area contributed by atoms with Crippen LogP contribution in [0.5, 0.6) is 0 Å². The van der Waals surface area contributed by atoms with E-state index in [9.17, 15) is 9.90 Å². The Balaban J connectivity index is 1.80. The van der Waals surface area contributed by atoms with E-state index in [0.717, 1.165) is 18.8 Å². The summed E-state index contributed by atoms with van der Waals surface area (Å²) in [5.74, 6) is 0.172. The summed E-state index contributed by atoms with van der Waals surface area (Å²) in [7, 11) is 0. The van der Waals surface area contributed by atoms with Crippen molar-refractivity contribution in [2.75, 3.05) is 19.7 Å². The third kappa shape index (κ3) is 3.72. The van der Waals surface area contributed by atoms with Gasteiger partial charge in [0.25, 0.3) is 0 Å². The molecular weight excluding hydrogens is 314 g/mol. The third-order valence-electron chi connectivity index (χ3n) is 4.87. The van der Waals surface area contributed by atoms with Crippen LogP contribution in [0, 0.1) is 0 Å². The summed E-state index contributed by atoms with van der Waals surface area (Å²) in [6, 6.07) is 15.6. The molecule has 1 fully saturated rings. The zero-order chi connectivity index (χ0) is 17.6. The molecule has 5 heteroatoms. The lowest BCUT2D eigenvalue weighted by Crippen LogP contribution is -2.68. The van der Waals surface area contributed by atoms with Crippen LogP contribution in [0.3, 0.4) is 0 Å². The first-order valence-corrected chi connectivity index (χ1v) is 8.83. The fourth-order valence-electron chi connectivity index (χ4n) is 3.70. The molecule has 3 rings (SSSR count). The first kappa shape index (κ1) is 17.6. The van der Waals surface area contributed by atoms with Gasteiger partial charge in [0.2, 0.25) is 5.91 Å². The van der Waals surface area contributed by atoms with Crippen molar-refractivity contribution in [1.82, 2.24) is 15.2 Å². The highest BCUT2D eigenvalue weighted by Crippen LogP contribution is 2.40. The van der Waals surface area contributed by atoms with Gasteiger partial charge in [-0.05, 0) is 24.2 Å². The normalized spacial score (nSPS) is 22.5. The number of carbonyl (C=O) groups is 1. The molecule has 5 nitrogen and oxygen atoms in total. The lowest BCUT2D eigenvalue weighted by atomic mass is 9.74. The Morgan fingerprint density at radius 1 is 1.16 bits per heavy atom. The second-order valence-corrected chi connectivity index (χ2v) is 6.36. The van der Waals surface area contributed by atoms with Crippen LogP contribution in [0.25, 0.3) is 0 Å². The van der Waals surface area contributed by atoms with Crippen LogP contribution < -0.4 is 5.32 Å². The number of nitrogens with one attached hydrogen (secondary N) is 1. The van der Waals surface area contributed by atoms with Crippen molar-refractivity contribution >= 4 is 5.91 Å². The van der Waals surface area contributed by atoms with Gasteiger partial charge in [0.15, 0.2) is 0 Å². The SMILES string of the molecule is CCNC[C@H]1[C@@H](c2ccccc2)[C@@H](CO)N1C(=O)Cc1ccccn1. The standard InChI is InChI=1S/C20H25N3O2/c1-2-21-13-17-20(15-8-4-3-5-9-15)18(14-24)23(17)19(25)12-16-10-6-7-11-22-16/h3-11,17-18,20-21,24H,2,12-14H2,1H3/t17-,18+,20+/m0/s1. The molecule has 0 unspecified atom stereocenters. The van der Waals surface area contributed by atoms with Crippen molar-refractivity contribution < 1.29 is 9.90 Å². The first-order valence-electron chi connectivity index (χ1n) is 8.83. The number of aromatic nitrogens is 1. The summed E-state index contributed by atoms with van der Waals surface area (Å²) >= 11 is 0. The average Bonchev–Trinajstić information content (AvgIpc) is 2.63. The predicted octanol–water partition coefficient (Wildman–Crippen LogP) is 1.59. The minimum atomic E-state index is -0.178. The number of amides is 1. The fraction of sp³-hybridized carbons (Fsp3) is 0.400. The van der Waals surface area contributed by atoms with Crippen LogP contribution in [-0.4, -0.2) is 52.7 Å². The summed E-state index contributed by atoms with van der Waals surface area (Å²) in [6.07, 6.45) is 1.96. The summed E-state index contributed by atoms with van der Waals surface area (Å²) in [5, 5.41) is 13.3. The second kappa shape index (κ2) is 8.23. The van der Waals surface area contributed by atoms with E-state index >= 15 is 0 Å². The highest BCUT2D eigenvalue weighted by molar-refractivity contribution is 5.80. The molecule has 2 N–H and O–H groups in total. The minimum absolute atomic E-state index is 0.0211. The Morgan fingerprint density at radius 3 is 2.56 bits per heavy atom. The van der Waals surface area contributed by atoms with E-state index in [0.29, 0.717) is 0 Å². The number of carbonyl (C=O) groups excluding carboxylic acids is 1. The summed E-state index contributed by atoms with van der Waals surface area (Å²) < 4.78 is 0. The van der Waals surface area contributed by atoms with Gasteiger partial charge in [-0.3, -0.25) is 9.78 Å². The molecule has 3 atom stereocenters. The maximum atomic E-state index is 12.9. The molecule has 1 aliphatic rings. The van der Waals surface area contributed by atoms with Crippen LogP contribution in [0.2, 0.25) is 0 Å². The number of aliphatic hydroxyl groups excluding tert-OH is 1. The lowest BCUT2D eigenvalue weighted by Gasteiger charge is -2.55. The quantitative estimate of drug-likeness (QED) is 0.804. The van der Waals surface area contributed by atoms with Crippen LogP contribution in [0.1, 0.15) is 24.1 Å². The molecular formula is C20H25N3O2. The Hall–Kier alpha value is -2.24. The Kier molecular flexibility index (Phi) is 5.79. The number of benzene rings is 1. The number of rotatable bonds is 7. The maximum Gasteiger partial charge on any atom is 0.229 e. The number of hydrogen-bond donors (Lipinski definition) is 2. The smallest absolute Gasteiger partial charge is 0.229 e. The summed E-state index contributed by atoms with van der Waals surface area (Å²) in [5.41, 5.74) is 1.93. The topological polar surface area (TPSA) is 65.5 Å². The zero-order valence-electron chi connectivity index (χ0n) is 14.5. The van der Waals surface area contributed by atoms with Gasteiger partial charge in [-0.15, -0.1) is 0 Å². The monoisotopic (exact) mass is 339 g/mol. The Labute approximate surface area is 148 Å². The van der Waals surface area contributed by atoms with E-state index < -0.39 is 0 Å². The number of aliphatic hydroxyl groups is 1. The zero-order valence-corrected chi connectivity index (χ0v) is 14.5. The molecule has 0 bridgehead atoms. The third-order valence-corrected chi connectivity index (χ3v) is 4.87. The summed E-state index contributed by atoms with van der Waals surface area (Å²) in [4.78, 5) is 19.0. The highest BCUT2D eigenvalue weighted by Gasteiger charge is 2.50. The van der Waals surface area contributed by atoms with Crippen LogP contribution in [0.15, 0.2) is 54.7 Å². The van der Waals surface area contributed by atoms with Gasteiger partial charge in [0.05, 0.1) is 25.1 Å². The van der Waals surface area contributed by atoms with E-state index in [2.05, 4.69) is 29.4 Å². The number of nitrogens with zero attached hydrogens (tertiary/aromatic N) is 2. The molecule has 1 aliphatic heterocycles. The predicted molar refractivity (Wildman–Crippen MR) is 97.2 cm³/mol. The van der Waals surface area contributed by atoms with E-state index in [-0.39, 0.29) is 36.9 Å². The molecule has 2 aromatic rings. The lowest BCUT2D eigenvalue weighted by molar-refractivity contribution is -0.149. The van der Waals surface area contributed by atoms with Gasteiger partial charge in [0.1, 0.15) is 0 Å². The minimum Gasteiger partial charge on any atom is -0.394 e. The molecule has 1 amide bonds. The van der Waals surface area contributed by atoms with Crippen molar-refractivity contribution in [2.24, 2.45) is 0 Å². The van der Waals surface area contributed by atoms with Gasteiger partial charge in [-0.1, -0.05) is 43.3 Å². The van der Waals surface area contributed by atoms with Crippen molar-refractivity contribution in [3.63, 3.8) is 0 Å². The molecule has 0 spiro atoms. The van der Waals surface area contributed by atoms with Gasteiger partial charge < -0.3 is 15.3 Å². The number of likely N-dealkylation sites (tertiary alicyclic amines) is 1. The van der Waals surface area contributed by atoms with Crippen molar-refractivity contribution in [2.45, 2.75) is 31.3 Å². The van der Waals surface area contributed by atoms with Crippen LogP contribution in [-0.2, 0) is 11.2 Å². The van der Waals surface area contributed by atoms with Crippen LogP contribution >= 0.6 is 0 Å². The number of hydrogen-bond acceptors (Lipinski definition) is 4. The molecule has 0 radical (unpaired) electrons. The Morgan fingerprint density at radius 2 is 1.92 bits per heavy atom. The number of likely N-dealkylation sites (N-methyl/N-ethyl adjacent to an activating group) is 1. The molecule has 1 saturated heterocycles. The van der Waals surface area contributed by atoms with Gasteiger partial charge in [-0.25, -0.2) is 0 Å². The molecule has 0 aliphatic carbocycles. The average molecular weight is 339 g/mol. The van der Waals surface area contributed by atoms with E-state index in [1.807, 2.05) is 41.3 Å². The summed E-state index contributed by atoms with van der Waals surface area (Å²) in [6.45, 7) is 3.60. The second-order valence-electron chi connectivity index (χ2n) is 6.36. The largest absolute Gasteiger partial charge is 0.394 e. The molecule has 132 valence electrons. The van der Waals surface area contributed by atoms with Gasteiger partial charge >= 0.3 is 0 Å². The van der Waals surface area contributed by atoms with Gasteiger partial charge in [0, 0.05) is 24.4 Å². The first-order chi connectivity index (χ1) is 12.3.